The van der Waals surface area contributed by atoms with Crippen LogP contribution in [0.4, 0.5) is 5.82 Å². The van der Waals surface area contributed by atoms with Gasteiger partial charge in [0.1, 0.15) is 0 Å². The maximum absolute atomic E-state index is 11.3. The highest BCUT2D eigenvalue weighted by molar-refractivity contribution is 5.47. The van der Waals surface area contributed by atoms with Crippen molar-refractivity contribution in [2.45, 2.75) is 6.54 Å². The molecule has 0 aliphatic carbocycles. The van der Waals surface area contributed by atoms with Gasteiger partial charge in [0.2, 0.25) is 12.1 Å². The van der Waals surface area contributed by atoms with Gasteiger partial charge in [-0.25, -0.2) is 4.98 Å². The van der Waals surface area contributed by atoms with Gasteiger partial charge in [0, 0.05) is 0 Å². The number of ether oxygens (including phenoxy) is 1. The second-order valence-corrected chi connectivity index (χ2v) is 2.81. The second-order valence-electron chi connectivity index (χ2n) is 2.81. The summed E-state index contributed by atoms with van der Waals surface area (Å²) < 4.78 is 9.48. The number of aromatic amines is 1. The molecule has 0 radical (unpaired) electrons. The third-order valence-corrected chi connectivity index (χ3v) is 1.84. The lowest BCUT2D eigenvalue weighted by molar-refractivity contribution is 0.406. The number of hydrogen-bond acceptors (Lipinski definition) is 7. The van der Waals surface area contributed by atoms with Crippen LogP contribution < -0.4 is 15.6 Å². The standard InChI is InChI=1S/C8H9N5O3/c1-15-6-7(10-3-11-8(6)14)9-2-5-12-4-16-13-5/h3-4H,2H2,1H3,(H2,9,10,11,14). The van der Waals surface area contributed by atoms with E-state index in [-0.39, 0.29) is 11.3 Å². The first-order valence-corrected chi connectivity index (χ1v) is 4.42. The van der Waals surface area contributed by atoms with Gasteiger partial charge in [0.05, 0.1) is 20.0 Å². The van der Waals surface area contributed by atoms with Crippen LogP contribution in [0.15, 0.2) is 22.0 Å². The van der Waals surface area contributed by atoms with E-state index >= 15 is 0 Å². The molecular formula is C8H9N5O3. The van der Waals surface area contributed by atoms with Gasteiger partial charge in [0.25, 0.3) is 5.56 Å². The Kier molecular flexibility index (Phi) is 2.81. The van der Waals surface area contributed by atoms with Crippen molar-refractivity contribution in [2.24, 2.45) is 0 Å². The molecule has 8 nitrogen and oxygen atoms in total. The fourth-order valence-electron chi connectivity index (χ4n) is 1.14. The lowest BCUT2D eigenvalue weighted by Crippen LogP contribution is -2.14. The summed E-state index contributed by atoms with van der Waals surface area (Å²) in [7, 11) is 1.39. The lowest BCUT2D eigenvalue weighted by atomic mass is 10.5. The zero-order valence-electron chi connectivity index (χ0n) is 8.43. The Morgan fingerprint density at radius 2 is 2.44 bits per heavy atom. The smallest absolute Gasteiger partial charge is 0.295 e. The van der Waals surface area contributed by atoms with Crippen LogP contribution in [0.25, 0.3) is 0 Å². The largest absolute Gasteiger partial charge is 0.489 e. The molecule has 8 heteroatoms. The summed E-state index contributed by atoms with van der Waals surface area (Å²) in [6.45, 7) is 0.295. The summed E-state index contributed by atoms with van der Waals surface area (Å²) >= 11 is 0. The summed E-state index contributed by atoms with van der Waals surface area (Å²) in [5.41, 5.74) is -0.354. The maximum Gasteiger partial charge on any atom is 0.295 e. The SMILES string of the molecule is COc1c(NCc2ncon2)nc[nH]c1=O. The fourth-order valence-corrected chi connectivity index (χ4v) is 1.14. The Labute approximate surface area is 89.7 Å². The molecular weight excluding hydrogens is 214 g/mol. The molecule has 0 saturated carbocycles. The Bertz CT molecular complexity index is 507. The first-order valence-electron chi connectivity index (χ1n) is 4.42. The number of hydrogen-bond donors (Lipinski definition) is 2. The van der Waals surface area contributed by atoms with E-state index in [9.17, 15) is 4.79 Å². The van der Waals surface area contributed by atoms with E-state index in [0.29, 0.717) is 18.2 Å². The molecule has 2 N–H and O–H groups in total. The van der Waals surface area contributed by atoms with Crippen molar-refractivity contribution in [3.05, 3.63) is 28.9 Å². The van der Waals surface area contributed by atoms with Crippen molar-refractivity contribution in [3.8, 4) is 5.75 Å². The van der Waals surface area contributed by atoms with E-state index in [4.69, 9.17) is 4.74 Å². The van der Waals surface area contributed by atoms with Crippen LogP contribution in [0.1, 0.15) is 5.82 Å². The van der Waals surface area contributed by atoms with Gasteiger partial charge in [-0.1, -0.05) is 5.16 Å². The van der Waals surface area contributed by atoms with Crippen LogP contribution in [0.5, 0.6) is 5.75 Å². The molecule has 0 fully saturated rings. The van der Waals surface area contributed by atoms with Gasteiger partial charge in [-0.2, -0.15) is 4.98 Å². The molecule has 0 amide bonds. The number of anilines is 1. The van der Waals surface area contributed by atoms with Crippen molar-refractivity contribution >= 4 is 5.82 Å². The summed E-state index contributed by atoms with van der Waals surface area (Å²) in [6.07, 6.45) is 2.50. The molecule has 0 saturated heterocycles. The molecule has 0 aromatic carbocycles. The molecule has 2 rings (SSSR count). The van der Waals surface area contributed by atoms with E-state index < -0.39 is 0 Å². The van der Waals surface area contributed by atoms with Crippen molar-refractivity contribution in [3.63, 3.8) is 0 Å². The number of nitrogens with zero attached hydrogens (tertiary/aromatic N) is 3. The minimum absolute atomic E-state index is 0.117. The molecule has 0 bridgehead atoms. The van der Waals surface area contributed by atoms with Crippen LogP contribution in [0.2, 0.25) is 0 Å². The molecule has 16 heavy (non-hydrogen) atoms. The third kappa shape index (κ3) is 2.00. The van der Waals surface area contributed by atoms with Gasteiger partial charge in [-0.05, 0) is 0 Å². The first kappa shape index (κ1) is 10.1. The predicted molar refractivity (Wildman–Crippen MR) is 53.0 cm³/mol. The van der Waals surface area contributed by atoms with Crippen molar-refractivity contribution in [1.82, 2.24) is 20.1 Å². The van der Waals surface area contributed by atoms with Crippen molar-refractivity contribution in [2.75, 3.05) is 12.4 Å². The molecule has 2 aromatic heterocycles. The minimum Gasteiger partial charge on any atom is -0.489 e. The van der Waals surface area contributed by atoms with Crippen LogP contribution in [0.3, 0.4) is 0 Å². The first-order chi connectivity index (χ1) is 7.81. The number of H-pyrrole nitrogens is 1. The van der Waals surface area contributed by atoms with Gasteiger partial charge in [-0.15, -0.1) is 0 Å². The van der Waals surface area contributed by atoms with E-state index in [1.165, 1.54) is 19.8 Å². The average Bonchev–Trinajstić information content (AvgIpc) is 2.79. The molecule has 0 spiro atoms. The van der Waals surface area contributed by atoms with Gasteiger partial charge < -0.3 is 19.6 Å². The highest BCUT2D eigenvalue weighted by atomic mass is 16.5. The molecule has 0 unspecified atom stereocenters. The fraction of sp³-hybridized carbons (Fsp3) is 0.250. The predicted octanol–water partition coefficient (Wildman–Crippen LogP) is -0.226. The third-order valence-electron chi connectivity index (χ3n) is 1.84. The van der Waals surface area contributed by atoms with Crippen LogP contribution in [-0.2, 0) is 6.54 Å². The van der Waals surface area contributed by atoms with Gasteiger partial charge in [0.15, 0.2) is 11.6 Å². The second kappa shape index (κ2) is 4.43. The summed E-state index contributed by atoms with van der Waals surface area (Å²) in [4.78, 5) is 21.5. The molecule has 84 valence electrons. The number of rotatable bonds is 4. The normalized spacial score (nSPS) is 10.1. The summed E-state index contributed by atoms with van der Waals surface area (Å²) in [5.74, 6) is 0.908. The molecule has 0 aliphatic rings. The molecule has 2 aromatic rings. The monoisotopic (exact) mass is 223 g/mol. The quantitative estimate of drug-likeness (QED) is 0.737. The van der Waals surface area contributed by atoms with Gasteiger partial charge >= 0.3 is 0 Å². The van der Waals surface area contributed by atoms with Crippen LogP contribution in [0, 0.1) is 0 Å². The Hall–Kier alpha value is -2.38. The molecule has 0 atom stereocenters. The van der Waals surface area contributed by atoms with E-state index in [0.717, 1.165) is 0 Å². The zero-order chi connectivity index (χ0) is 11.4. The Morgan fingerprint density at radius 1 is 1.56 bits per heavy atom. The van der Waals surface area contributed by atoms with Crippen LogP contribution in [-0.4, -0.2) is 27.2 Å². The average molecular weight is 223 g/mol. The molecule has 2 heterocycles. The Balaban J connectivity index is 2.15. The number of methoxy groups -OCH3 is 1. The van der Waals surface area contributed by atoms with E-state index in [1.807, 2.05) is 0 Å². The highest BCUT2D eigenvalue weighted by Gasteiger charge is 2.09. The van der Waals surface area contributed by atoms with Gasteiger partial charge in [-0.3, -0.25) is 4.79 Å². The maximum atomic E-state index is 11.3. The zero-order valence-corrected chi connectivity index (χ0v) is 8.43. The van der Waals surface area contributed by atoms with Crippen molar-refractivity contribution < 1.29 is 9.26 Å². The molecule has 0 aliphatic heterocycles. The van der Waals surface area contributed by atoms with E-state index in [2.05, 4.69) is 29.9 Å². The Morgan fingerprint density at radius 3 is 3.12 bits per heavy atom. The van der Waals surface area contributed by atoms with Crippen molar-refractivity contribution in [1.29, 1.82) is 0 Å². The minimum atomic E-state index is -0.354. The van der Waals surface area contributed by atoms with E-state index in [1.54, 1.807) is 0 Å². The highest BCUT2D eigenvalue weighted by Crippen LogP contribution is 2.14. The van der Waals surface area contributed by atoms with Crippen LogP contribution >= 0.6 is 0 Å². The topological polar surface area (TPSA) is 106 Å². The lowest BCUT2D eigenvalue weighted by Gasteiger charge is -2.06. The number of nitrogens with one attached hydrogen (secondary N) is 2. The summed E-state index contributed by atoms with van der Waals surface area (Å²) in [6, 6.07) is 0. The summed E-state index contributed by atoms with van der Waals surface area (Å²) in [5, 5.41) is 6.47. The number of aromatic nitrogens is 4.